The number of guanidine groups is 1. The van der Waals surface area contributed by atoms with Crippen molar-refractivity contribution < 1.29 is 14.2 Å². The number of hydrogen-bond donors (Lipinski definition) is 2. The third kappa shape index (κ3) is 6.26. The standard InChI is InChI=1S/C24H31N3O3.HI/c1-17-7-8-19(23(13-17)30-20-10-11-28-16-20)15-27-24(25-2)26-14-18-9-12-29-22-6-4-3-5-21(18)22;/h3-8,13,18,20H,9-12,14-16H2,1-2H3,(H2,25,26,27);1H. The lowest BCUT2D eigenvalue weighted by atomic mass is 9.93. The Morgan fingerprint density at radius 2 is 2.00 bits per heavy atom. The summed E-state index contributed by atoms with van der Waals surface area (Å²) in [6, 6.07) is 14.6. The SMILES string of the molecule is CN=C(NCc1ccc(C)cc1OC1CCOC1)NCC1CCOc2ccccc21.I. The van der Waals surface area contributed by atoms with Crippen molar-refractivity contribution in [2.45, 2.75) is 38.3 Å². The lowest BCUT2D eigenvalue weighted by molar-refractivity contribution is 0.140. The largest absolute Gasteiger partial charge is 0.493 e. The number of para-hydroxylation sites is 1. The molecule has 0 aliphatic carbocycles. The first-order valence-corrected chi connectivity index (χ1v) is 10.7. The summed E-state index contributed by atoms with van der Waals surface area (Å²) in [6.07, 6.45) is 2.08. The van der Waals surface area contributed by atoms with Gasteiger partial charge in [0.25, 0.3) is 0 Å². The molecule has 0 amide bonds. The fraction of sp³-hybridized carbons (Fsp3) is 0.458. The number of ether oxygens (including phenoxy) is 3. The Kier molecular flexibility index (Phi) is 8.83. The van der Waals surface area contributed by atoms with Gasteiger partial charge in [0.2, 0.25) is 0 Å². The summed E-state index contributed by atoms with van der Waals surface area (Å²) in [6.45, 7) is 5.74. The molecule has 6 nitrogen and oxygen atoms in total. The van der Waals surface area contributed by atoms with Gasteiger partial charge in [-0.05, 0) is 36.6 Å². The van der Waals surface area contributed by atoms with Crippen LogP contribution < -0.4 is 20.1 Å². The van der Waals surface area contributed by atoms with Crippen molar-refractivity contribution in [3.8, 4) is 11.5 Å². The lowest BCUT2D eigenvalue weighted by Gasteiger charge is -2.26. The fourth-order valence-electron chi connectivity index (χ4n) is 3.95. The van der Waals surface area contributed by atoms with Crippen molar-refractivity contribution in [2.24, 2.45) is 4.99 Å². The quantitative estimate of drug-likeness (QED) is 0.331. The molecule has 2 heterocycles. The molecule has 168 valence electrons. The minimum atomic E-state index is 0. The van der Waals surface area contributed by atoms with E-state index in [4.69, 9.17) is 14.2 Å². The first kappa shape index (κ1) is 23.7. The van der Waals surface area contributed by atoms with E-state index in [-0.39, 0.29) is 30.1 Å². The second kappa shape index (κ2) is 11.6. The molecule has 2 aromatic rings. The molecule has 0 aromatic heterocycles. The molecule has 4 rings (SSSR count). The third-order valence-electron chi connectivity index (χ3n) is 5.67. The lowest BCUT2D eigenvalue weighted by Crippen LogP contribution is -2.39. The van der Waals surface area contributed by atoms with Crippen LogP contribution in [-0.4, -0.2) is 45.5 Å². The molecule has 2 atom stereocenters. The summed E-state index contributed by atoms with van der Waals surface area (Å²) >= 11 is 0. The summed E-state index contributed by atoms with van der Waals surface area (Å²) < 4.78 is 17.4. The van der Waals surface area contributed by atoms with Crippen molar-refractivity contribution in [3.63, 3.8) is 0 Å². The van der Waals surface area contributed by atoms with Crippen molar-refractivity contribution in [3.05, 3.63) is 59.2 Å². The van der Waals surface area contributed by atoms with Crippen molar-refractivity contribution >= 4 is 29.9 Å². The number of aryl methyl sites for hydroxylation is 1. The number of benzene rings is 2. The molecule has 1 saturated heterocycles. The highest BCUT2D eigenvalue weighted by Crippen LogP contribution is 2.32. The number of nitrogens with one attached hydrogen (secondary N) is 2. The second-order valence-corrected chi connectivity index (χ2v) is 7.89. The molecule has 0 radical (unpaired) electrons. The smallest absolute Gasteiger partial charge is 0.191 e. The fourth-order valence-corrected chi connectivity index (χ4v) is 3.95. The van der Waals surface area contributed by atoms with Crippen LogP contribution in [0.1, 0.15) is 35.4 Å². The second-order valence-electron chi connectivity index (χ2n) is 7.89. The maximum Gasteiger partial charge on any atom is 0.191 e. The van der Waals surface area contributed by atoms with E-state index in [0.717, 1.165) is 55.6 Å². The van der Waals surface area contributed by atoms with Crippen LogP contribution in [0.4, 0.5) is 0 Å². The van der Waals surface area contributed by atoms with Gasteiger partial charge in [0.1, 0.15) is 17.6 Å². The molecule has 2 aromatic carbocycles. The zero-order chi connectivity index (χ0) is 20.8. The van der Waals surface area contributed by atoms with E-state index < -0.39 is 0 Å². The van der Waals surface area contributed by atoms with E-state index >= 15 is 0 Å². The van der Waals surface area contributed by atoms with Gasteiger partial charge in [0, 0.05) is 38.0 Å². The molecular formula is C24H32IN3O3. The monoisotopic (exact) mass is 537 g/mol. The number of hydrogen-bond acceptors (Lipinski definition) is 4. The molecule has 1 fully saturated rings. The molecule has 2 N–H and O–H groups in total. The normalized spacial score (nSPS) is 20.3. The van der Waals surface area contributed by atoms with Crippen molar-refractivity contribution in [1.82, 2.24) is 10.6 Å². The molecular weight excluding hydrogens is 505 g/mol. The summed E-state index contributed by atoms with van der Waals surface area (Å²) in [4.78, 5) is 4.40. The van der Waals surface area contributed by atoms with Crippen LogP contribution >= 0.6 is 24.0 Å². The predicted octanol–water partition coefficient (Wildman–Crippen LogP) is 4.01. The van der Waals surface area contributed by atoms with Gasteiger partial charge in [0.05, 0.1) is 19.8 Å². The minimum Gasteiger partial charge on any atom is -0.493 e. The molecule has 0 bridgehead atoms. The van der Waals surface area contributed by atoms with Gasteiger partial charge in [-0.15, -0.1) is 24.0 Å². The van der Waals surface area contributed by atoms with Gasteiger partial charge in [-0.2, -0.15) is 0 Å². The van der Waals surface area contributed by atoms with E-state index in [9.17, 15) is 0 Å². The predicted molar refractivity (Wildman–Crippen MR) is 134 cm³/mol. The van der Waals surface area contributed by atoms with Gasteiger partial charge < -0.3 is 24.8 Å². The highest BCUT2D eigenvalue weighted by atomic mass is 127. The van der Waals surface area contributed by atoms with Crippen LogP contribution in [-0.2, 0) is 11.3 Å². The van der Waals surface area contributed by atoms with E-state index in [1.807, 2.05) is 12.1 Å². The van der Waals surface area contributed by atoms with E-state index in [0.29, 0.717) is 19.1 Å². The number of rotatable bonds is 6. The Morgan fingerprint density at radius 3 is 2.81 bits per heavy atom. The zero-order valence-corrected chi connectivity index (χ0v) is 20.6. The highest BCUT2D eigenvalue weighted by molar-refractivity contribution is 14.0. The Morgan fingerprint density at radius 1 is 1.13 bits per heavy atom. The number of halogens is 1. The average Bonchev–Trinajstić information content (AvgIpc) is 3.28. The zero-order valence-electron chi connectivity index (χ0n) is 18.2. The molecule has 7 heteroatoms. The van der Waals surface area contributed by atoms with E-state index in [2.05, 4.69) is 52.9 Å². The van der Waals surface area contributed by atoms with Crippen LogP contribution in [0.2, 0.25) is 0 Å². The number of nitrogens with zero attached hydrogens (tertiary/aromatic N) is 1. The summed E-state index contributed by atoms with van der Waals surface area (Å²) in [5.74, 6) is 3.12. The average molecular weight is 537 g/mol. The van der Waals surface area contributed by atoms with Gasteiger partial charge in [-0.1, -0.05) is 30.3 Å². The van der Waals surface area contributed by atoms with Crippen LogP contribution in [0.3, 0.4) is 0 Å². The topological polar surface area (TPSA) is 64.1 Å². The van der Waals surface area contributed by atoms with Crippen LogP contribution in [0.15, 0.2) is 47.5 Å². The Bertz CT molecular complexity index is 884. The van der Waals surface area contributed by atoms with Crippen LogP contribution in [0, 0.1) is 6.92 Å². The Labute approximate surface area is 201 Å². The first-order valence-electron chi connectivity index (χ1n) is 10.7. The third-order valence-corrected chi connectivity index (χ3v) is 5.67. The van der Waals surface area contributed by atoms with Gasteiger partial charge in [0.15, 0.2) is 5.96 Å². The van der Waals surface area contributed by atoms with Gasteiger partial charge >= 0.3 is 0 Å². The van der Waals surface area contributed by atoms with Crippen LogP contribution in [0.5, 0.6) is 11.5 Å². The summed E-state index contributed by atoms with van der Waals surface area (Å²) in [7, 11) is 1.80. The van der Waals surface area contributed by atoms with Crippen molar-refractivity contribution in [2.75, 3.05) is 33.4 Å². The Hall–Kier alpha value is -2.00. The molecule has 2 aliphatic rings. The molecule has 31 heavy (non-hydrogen) atoms. The maximum absolute atomic E-state index is 6.21. The number of aliphatic imine (C=N–C) groups is 1. The van der Waals surface area contributed by atoms with E-state index in [1.165, 1.54) is 11.1 Å². The summed E-state index contributed by atoms with van der Waals surface area (Å²) in [5, 5.41) is 6.91. The molecule has 2 aliphatic heterocycles. The minimum absolute atomic E-state index is 0. The Balaban J connectivity index is 0.00000272. The summed E-state index contributed by atoms with van der Waals surface area (Å²) in [5.41, 5.74) is 3.57. The van der Waals surface area contributed by atoms with E-state index in [1.54, 1.807) is 7.05 Å². The first-order chi connectivity index (χ1) is 14.7. The molecule has 0 saturated carbocycles. The highest BCUT2D eigenvalue weighted by Gasteiger charge is 2.21. The maximum atomic E-state index is 6.21. The molecule has 0 spiro atoms. The van der Waals surface area contributed by atoms with Crippen LogP contribution in [0.25, 0.3) is 0 Å². The molecule has 2 unspecified atom stereocenters. The van der Waals surface area contributed by atoms with Crippen molar-refractivity contribution in [1.29, 1.82) is 0 Å². The van der Waals surface area contributed by atoms with Gasteiger partial charge in [-0.25, -0.2) is 0 Å². The van der Waals surface area contributed by atoms with Gasteiger partial charge in [-0.3, -0.25) is 4.99 Å². The number of fused-ring (bicyclic) bond motifs is 1.